The number of hydrogen-bond acceptors (Lipinski definition) is 4. The topological polar surface area (TPSA) is 84.3 Å². The van der Waals surface area contributed by atoms with Gasteiger partial charge in [0.05, 0.1) is 4.92 Å². The molecule has 0 aromatic heterocycles. The number of rotatable bonds is 3. The molecule has 1 amide bonds. The van der Waals surface area contributed by atoms with Gasteiger partial charge in [0.25, 0.3) is 5.91 Å². The number of benzene rings is 2. The van der Waals surface area contributed by atoms with Gasteiger partial charge in [-0.1, -0.05) is 17.2 Å². The summed E-state index contributed by atoms with van der Waals surface area (Å²) in [4.78, 5) is 22.1. The molecule has 124 valence electrons. The van der Waals surface area contributed by atoms with Gasteiger partial charge < -0.3 is 5.32 Å². The number of carbonyl (C=O) groups excluding carboxylic acids is 1. The minimum absolute atomic E-state index is 0.0416. The minimum atomic E-state index is -0.948. The molecule has 2 aromatic rings. The Morgan fingerprint density at radius 1 is 1.17 bits per heavy atom. The Balaban J connectivity index is 2.09. The zero-order chi connectivity index (χ0) is 17.9. The van der Waals surface area contributed by atoms with Gasteiger partial charge in [0.1, 0.15) is 0 Å². The lowest BCUT2D eigenvalue weighted by Gasteiger charge is -2.10. The van der Waals surface area contributed by atoms with E-state index in [1.54, 1.807) is 12.1 Å². The molecule has 0 aliphatic carbocycles. The Hall–Kier alpha value is -2.87. The van der Waals surface area contributed by atoms with E-state index >= 15 is 0 Å². The molecule has 0 bridgehead atoms. The maximum atomic E-state index is 13.3. The van der Waals surface area contributed by atoms with E-state index in [-0.39, 0.29) is 10.8 Å². The fourth-order valence-electron chi connectivity index (χ4n) is 2.17. The third-order valence-electron chi connectivity index (χ3n) is 3.11. The SMILES string of the molecule is Cc1cc(C)cc(C(=O)NC(=S)Nc2ccc(F)c([N+](=O)[O-])c2)c1. The molecule has 8 heteroatoms. The summed E-state index contributed by atoms with van der Waals surface area (Å²) in [6.07, 6.45) is 0. The molecule has 2 rings (SSSR count). The number of hydrogen-bond donors (Lipinski definition) is 2. The predicted molar refractivity (Wildman–Crippen MR) is 92.7 cm³/mol. The fraction of sp³-hybridized carbons (Fsp3) is 0.125. The molecular formula is C16H14FN3O3S. The van der Waals surface area contributed by atoms with E-state index in [9.17, 15) is 19.3 Å². The van der Waals surface area contributed by atoms with Crippen molar-refractivity contribution in [3.63, 3.8) is 0 Å². The van der Waals surface area contributed by atoms with Crippen molar-refractivity contribution in [3.8, 4) is 0 Å². The summed E-state index contributed by atoms with van der Waals surface area (Å²) < 4.78 is 13.3. The van der Waals surface area contributed by atoms with Crippen LogP contribution in [0.2, 0.25) is 0 Å². The largest absolute Gasteiger partial charge is 0.332 e. The Morgan fingerprint density at radius 2 is 1.79 bits per heavy atom. The van der Waals surface area contributed by atoms with Gasteiger partial charge in [0.2, 0.25) is 5.82 Å². The highest BCUT2D eigenvalue weighted by Crippen LogP contribution is 2.21. The van der Waals surface area contributed by atoms with Crippen molar-refractivity contribution in [3.05, 3.63) is 69.0 Å². The second kappa shape index (κ2) is 7.14. The smallest absolute Gasteiger partial charge is 0.306 e. The van der Waals surface area contributed by atoms with Crippen LogP contribution >= 0.6 is 12.2 Å². The van der Waals surface area contributed by atoms with Gasteiger partial charge in [-0.05, 0) is 50.3 Å². The Bertz CT molecular complexity index is 819. The van der Waals surface area contributed by atoms with Crippen molar-refractivity contribution in [1.82, 2.24) is 5.32 Å². The minimum Gasteiger partial charge on any atom is -0.332 e. The number of aryl methyl sites for hydroxylation is 2. The Morgan fingerprint density at radius 3 is 2.38 bits per heavy atom. The van der Waals surface area contributed by atoms with E-state index in [1.165, 1.54) is 6.07 Å². The molecule has 0 radical (unpaired) electrons. The van der Waals surface area contributed by atoms with Crippen LogP contribution < -0.4 is 10.6 Å². The molecule has 2 aromatic carbocycles. The zero-order valence-corrected chi connectivity index (χ0v) is 13.7. The van der Waals surface area contributed by atoms with Crippen LogP contribution in [0.5, 0.6) is 0 Å². The van der Waals surface area contributed by atoms with Crippen LogP contribution in [-0.2, 0) is 0 Å². The Labute approximate surface area is 142 Å². The quantitative estimate of drug-likeness (QED) is 0.504. The van der Waals surface area contributed by atoms with Crippen molar-refractivity contribution in [1.29, 1.82) is 0 Å². The molecule has 0 unspecified atom stereocenters. The van der Waals surface area contributed by atoms with Crippen LogP contribution in [0.3, 0.4) is 0 Å². The van der Waals surface area contributed by atoms with E-state index in [0.29, 0.717) is 5.56 Å². The van der Waals surface area contributed by atoms with E-state index < -0.39 is 22.3 Å². The Kier molecular flexibility index (Phi) is 5.20. The first-order valence-electron chi connectivity index (χ1n) is 6.91. The molecule has 24 heavy (non-hydrogen) atoms. The second-order valence-corrected chi connectivity index (χ2v) is 5.62. The predicted octanol–water partition coefficient (Wildman–Crippen LogP) is 3.48. The van der Waals surface area contributed by atoms with Gasteiger partial charge in [-0.15, -0.1) is 0 Å². The highest BCUT2D eigenvalue weighted by atomic mass is 32.1. The van der Waals surface area contributed by atoms with E-state index in [1.807, 2.05) is 19.9 Å². The first-order valence-corrected chi connectivity index (χ1v) is 7.31. The number of halogens is 1. The monoisotopic (exact) mass is 347 g/mol. The highest BCUT2D eigenvalue weighted by molar-refractivity contribution is 7.80. The molecule has 0 aliphatic heterocycles. The summed E-state index contributed by atoms with van der Waals surface area (Å²) in [7, 11) is 0. The van der Waals surface area contributed by atoms with Gasteiger partial charge in [0.15, 0.2) is 5.11 Å². The lowest BCUT2D eigenvalue weighted by atomic mass is 10.1. The van der Waals surface area contributed by atoms with Crippen molar-refractivity contribution in [2.45, 2.75) is 13.8 Å². The fourth-order valence-corrected chi connectivity index (χ4v) is 2.38. The second-order valence-electron chi connectivity index (χ2n) is 5.21. The first kappa shape index (κ1) is 17.5. The first-order chi connectivity index (χ1) is 11.3. The molecule has 0 atom stereocenters. The molecule has 0 spiro atoms. The maximum Gasteiger partial charge on any atom is 0.306 e. The number of nitrogens with zero attached hydrogens (tertiary/aromatic N) is 1. The number of anilines is 1. The number of carbonyl (C=O) groups is 1. The number of nitro groups is 1. The number of amides is 1. The lowest BCUT2D eigenvalue weighted by molar-refractivity contribution is -0.387. The highest BCUT2D eigenvalue weighted by Gasteiger charge is 2.15. The third kappa shape index (κ3) is 4.32. The lowest BCUT2D eigenvalue weighted by Crippen LogP contribution is -2.34. The van der Waals surface area contributed by atoms with Gasteiger partial charge in [-0.25, -0.2) is 0 Å². The molecule has 2 N–H and O–H groups in total. The number of nitrogens with one attached hydrogen (secondary N) is 2. The van der Waals surface area contributed by atoms with Crippen LogP contribution in [-0.4, -0.2) is 15.9 Å². The van der Waals surface area contributed by atoms with Crippen molar-refractivity contribution >= 4 is 34.6 Å². The number of nitro benzene ring substituents is 1. The average molecular weight is 347 g/mol. The van der Waals surface area contributed by atoms with Crippen molar-refractivity contribution in [2.24, 2.45) is 0 Å². The average Bonchev–Trinajstić information content (AvgIpc) is 2.47. The molecule has 0 fully saturated rings. The van der Waals surface area contributed by atoms with E-state index in [2.05, 4.69) is 10.6 Å². The van der Waals surface area contributed by atoms with Gasteiger partial charge in [-0.3, -0.25) is 20.2 Å². The zero-order valence-electron chi connectivity index (χ0n) is 12.9. The van der Waals surface area contributed by atoms with Gasteiger partial charge in [-0.2, -0.15) is 4.39 Å². The molecule has 6 nitrogen and oxygen atoms in total. The normalized spacial score (nSPS) is 10.1. The standard InChI is InChI=1S/C16H14FN3O3S/c1-9-5-10(2)7-11(6-9)15(21)19-16(24)18-12-3-4-13(17)14(8-12)20(22)23/h3-8H,1-2H3,(H2,18,19,21,24). The van der Waals surface area contributed by atoms with Crippen LogP contribution in [0.15, 0.2) is 36.4 Å². The maximum absolute atomic E-state index is 13.3. The van der Waals surface area contributed by atoms with Gasteiger partial charge >= 0.3 is 5.69 Å². The summed E-state index contributed by atoms with van der Waals surface area (Å²) in [5, 5.41) is 15.8. The molecule has 0 aliphatic rings. The summed E-state index contributed by atoms with van der Waals surface area (Å²) in [5.74, 6) is -1.35. The van der Waals surface area contributed by atoms with Crippen molar-refractivity contribution in [2.75, 3.05) is 5.32 Å². The summed E-state index contributed by atoms with van der Waals surface area (Å²) >= 11 is 5.01. The number of thiocarbonyl (C=S) groups is 1. The van der Waals surface area contributed by atoms with Crippen LogP contribution in [0.1, 0.15) is 21.5 Å². The molecule has 0 saturated heterocycles. The molecule has 0 heterocycles. The van der Waals surface area contributed by atoms with Crippen LogP contribution in [0.4, 0.5) is 15.8 Å². The third-order valence-corrected chi connectivity index (χ3v) is 3.32. The molecular weight excluding hydrogens is 333 g/mol. The van der Waals surface area contributed by atoms with Crippen LogP contribution in [0, 0.1) is 29.8 Å². The van der Waals surface area contributed by atoms with Gasteiger partial charge in [0, 0.05) is 17.3 Å². The summed E-state index contributed by atoms with van der Waals surface area (Å²) in [5.41, 5.74) is 1.85. The molecule has 0 saturated carbocycles. The van der Waals surface area contributed by atoms with E-state index in [0.717, 1.165) is 23.3 Å². The van der Waals surface area contributed by atoms with E-state index in [4.69, 9.17) is 12.2 Å². The summed E-state index contributed by atoms with van der Waals surface area (Å²) in [6, 6.07) is 8.61. The van der Waals surface area contributed by atoms with Crippen molar-refractivity contribution < 1.29 is 14.1 Å². The van der Waals surface area contributed by atoms with Crippen LogP contribution in [0.25, 0.3) is 0 Å². The summed E-state index contributed by atoms with van der Waals surface area (Å²) in [6.45, 7) is 3.75.